The van der Waals surface area contributed by atoms with E-state index in [0.717, 1.165) is 5.56 Å². The molecular formula is C13H12ClN3O2S. The number of sulfonamides is 1. The maximum Gasteiger partial charge on any atom is 0.240 e. The third-order valence-corrected chi connectivity index (χ3v) is 4.44. The highest BCUT2D eigenvalue weighted by molar-refractivity contribution is 7.89. The van der Waals surface area contributed by atoms with Crippen LogP contribution in [-0.2, 0) is 23.6 Å². The summed E-state index contributed by atoms with van der Waals surface area (Å²) in [6, 6.07) is 7.73. The Balaban J connectivity index is 2.18. The normalized spacial score (nSPS) is 11.2. The maximum atomic E-state index is 12.1. The van der Waals surface area contributed by atoms with Gasteiger partial charge in [0.1, 0.15) is 6.07 Å². The first-order valence-electron chi connectivity index (χ1n) is 5.72. The highest BCUT2D eigenvalue weighted by Crippen LogP contribution is 2.20. The number of nitriles is 1. The van der Waals surface area contributed by atoms with E-state index in [0.29, 0.717) is 0 Å². The van der Waals surface area contributed by atoms with Gasteiger partial charge in [0.05, 0.1) is 15.5 Å². The monoisotopic (exact) mass is 309 g/mol. The van der Waals surface area contributed by atoms with Crippen molar-refractivity contribution in [2.45, 2.75) is 11.4 Å². The molecule has 104 valence electrons. The average Bonchev–Trinajstić information content (AvgIpc) is 2.82. The fraction of sp³-hybridized carbons (Fsp3) is 0.154. The fourth-order valence-electron chi connectivity index (χ4n) is 1.68. The van der Waals surface area contributed by atoms with Crippen molar-refractivity contribution in [3.8, 4) is 6.07 Å². The number of aromatic nitrogens is 1. The first-order chi connectivity index (χ1) is 9.42. The molecule has 2 rings (SSSR count). The van der Waals surface area contributed by atoms with Crippen molar-refractivity contribution in [2.24, 2.45) is 7.05 Å². The first kappa shape index (κ1) is 14.6. The van der Waals surface area contributed by atoms with Crippen LogP contribution >= 0.6 is 11.6 Å². The molecule has 1 aromatic heterocycles. The Kier molecular flexibility index (Phi) is 4.14. The lowest BCUT2D eigenvalue weighted by Gasteiger charge is -2.06. The lowest BCUT2D eigenvalue weighted by molar-refractivity contribution is 0.581. The van der Waals surface area contributed by atoms with E-state index in [9.17, 15) is 8.42 Å². The van der Waals surface area contributed by atoms with Crippen LogP contribution in [0.1, 0.15) is 11.1 Å². The van der Waals surface area contributed by atoms with E-state index < -0.39 is 10.0 Å². The smallest absolute Gasteiger partial charge is 0.240 e. The molecule has 0 aliphatic rings. The Bertz CT molecular complexity index is 775. The summed E-state index contributed by atoms with van der Waals surface area (Å²) in [5.74, 6) is 0. The van der Waals surface area contributed by atoms with Gasteiger partial charge in [-0.25, -0.2) is 13.1 Å². The lowest BCUT2D eigenvalue weighted by atomic mass is 10.2. The molecule has 7 heteroatoms. The van der Waals surface area contributed by atoms with Crippen LogP contribution in [0.4, 0.5) is 0 Å². The molecule has 0 bridgehead atoms. The van der Waals surface area contributed by atoms with Gasteiger partial charge in [0.15, 0.2) is 0 Å². The van der Waals surface area contributed by atoms with Crippen molar-refractivity contribution >= 4 is 21.6 Å². The molecule has 0 unspecified atom stereocenters. The molecule has 0 saturated heterocycles. The number of nitrogens with one attached hydrogen (secondary N) is 1. The molecule has 1 N–H and O–H groups in total. The molecule has 20 heavy (non-hydrogen) atoms. The lowest BCUT2D eigenvalue weighted by Crippen LogP contribution is -2.23. The molecule has 0 saturated carbocycles. The zero-order valence-electron chi connectivity index (χ0n) is 10.7. The highest BCUT2D eigenvalue weighted by atomic mass is 35.5. The molecule has 0 amide bonds. The van der Waals surface area contributed by atoms with Crippen molar-refractivity contribution in [1.29, 1.82) is 5.26 Å². The van der Waals surface area contributed by atoms with Crippen molar-refractivity contribution < 1.29 is 8.42 Å². The topological polar surface area (TPSA) is 74.9 Å². The summed E-state index contributed by atoms with van der Waals surface area (Å²) in [6.07, 6.45) is 3.66. The van der Waals surface area contributed by atoms with E-state index >= 15 is 0 Å². The largest absolute Gasteiger partial charge is 0.357 e. The Morgan fingerprint density at radius 3 is 2.70 bits per heavy atom. The number of rotatable bonds is 4. The molecule has 0 fully saturated rings. The number of hydrogen-bond acceptors (Lipinski definition) is 3. The van der Waals surface area contributed by atoms with Crippen molar-refractivity contribution in [3.63, 3.8) is 0 Å². The fourth-order valence-corrected chi connectivity index (χ4v) is 3.01. The van der Waals surface area contributed by atoms with Crippen molar-refractivity contribution in [1.82, 2.24) is 9.29 Å². The summed E-state index contributed by atoms with van der Waals surface area (Å²) < 4.78 is 28.5. The number of nitrogens with zero attached hydrogens (tertiary/aromatic N) is 2. The van der Waals surface area contributed by atoms with Gasteiger partial charge in [0.25, 0.3) is 0 Å². The highest BCUT2D eigenvalue weighted by Gasteiger charge is 2.15. The van der Waals surface area contributed by atoms with E-state index in [4.69, 9.17) is 16.9 Å². The zero-order chi connectivity index (χ0) is 14.8. The Morgan fingerprint density at radius 2 is 2.15 bits per heavy atom. The standard InChI is InChI=1S/C13H12ClN3O2S/c1-17-5-4-10(9-17)8-16-20(18,19)12-3-2-11(7-15)13(14)6-12/h2-6,9,16H,8H2,1H3. The second-order valence-corrected chi connectivity index (χ2v) is 6.44. The molecule has 0 spiro atoms. The minimum absolute atomic E-state index is 0.0393. The molecule has 0 radical (unpaired) electrons. The quantitative estimate of drug-likeness (QED) is 0.939. The molecule has 2 aromatic rings. The molecule has 1 heterocycles. The predicted octanol–water partition coefficient (Wildman–Crippen LogP) is 2.03. The molecule has 1 aromatic carbocycles. The van der Waals surface area contributed by atoms with Crippen LogP contribution in [-0.4, -0.2) is 13.0 Å². The number of benzene rings is 1. The summed E-state index contributed by atoms with van der Waals surface area (Å²) in [5.41, 5.74) is 1.10. The average molecular weight is 310 g/mol. The Labute approximate surface area is 122 Å². The Hall–Kier alpha value is -1.81. The first-order valence-corrected chi connectivity index (χ1v) is 7.58. The third kappa shape index (κ3) is 3.20. The number of hydrogen-bond donors (Lipinski definition) is 1. The van der Waals surface area contributed by atoms with Crippen LogP contribution in [0.3, 0.4) is 0 Å². The number of aryl methyl sites for hydroxylation is 1. The van der Waals surface area contributed by atoms with E-state index in [1.807, 2.05) is 36.1 Å². The molecule has 0 aliphatic heterocycles. The van der Waals surface area contributed by atoms with Crippen LogP contribution in [0.25, 0.3) is 0 Å². The second-order valence-electron chi connectivity index (χ2n) is 4.26. The summed E-state index contributed by atoms with van der Waals surface area (Å²) in [4.78, 5) is 0.0393. The predicted molar refractivity (Wildman–Crippen MR) is 75.6 cm³/mol. The number of halogens is 1. The van der Waals surface area contributed by atoms with E-state index in [1.165, 1.54) is 18.2 Å². The summed E-state index contributed by atoms with van der Waals surface area (Å²) in [7, 11) is -1.79. The van der Waals surface area contributed by atoms with Gasteiger partial charge in [-0.1, -0.05) is 11.6 Å². The summed E-state index contributed by atoms with van der Waals surface area (Å²) in [6.45, 7) is 0.195. The molecule has 0 atom stereocenters. The zero-order valence-corrected chi connectivity index (χ0v) is 12.2. The third-order valence-electron chi connectivity index (χ3n) is 2.73. The van der Waals surface area contributed by atoms with Gasteiger partial charge in [-0.15, -0.1) is 0 Å². The molecular weight excluding hydrogens is 298 g/mol. The van der Waals surface area contributed by atoms with Crippen LogP contribution in [0, 0.1) is 11.3 Å². The van der Waals surface area contributed by atoms with E-state index in [-0.39, 0.29) is 22.0 Å². The van der Waals surface area contributed by atoms with Gasteiger partial charge in [-0.3, -0.25) is 0 Å². The maximum absolute atomic E-state index is 12.1. The van der Waals surface area contributed by atoms with Gasteiger partial charge in [0.2, 0.25) is 10.0 Å². The minimum atomic E-state index is -3.65. The Morgan fingerprint density at radius 1 is 1.40 bits per heavy atom. The molecule has 0 aliphatic carbocycles. The molecule has 5 nitrogen and oxygen atoms in total. The summed E-state index contributed by atoms with van der Waals surface area (Å²) >= 11 is 5.84. The van der Waals surface area contributed by atoms with Crippen LogP contribution in [0.15, 0.2) is 41.6 Å². The van der Waals surface area contributed by atoms with Crippen LogP contribution in [0.5, 0.6) is 0 Å². The summed E-state index contributed by atoms with van der Waals surface area (Å²) in [5, 5.41) is 8.89. The van der Waals surface area contributed by atoms with Crippen LogP contribution < -0.4 is 4.72 Å². The SMILES string of the molecule is Cn1ccc(CNS(=O)(=O)c2ccc(C#N)c(Cl)c2)c1. The van der Waals surface area contributed by atoms with Gasteiger partial charge in [-0.05, 0) is 29.8 Å². The van der Waals surface area contributed by atoms with Crippen molar-refractivity contribution in [3.05, 3.63) is 52.8 Å². The van der Waals surface area contributed by atoms with Gasteiger partial charge in [0, 0.05) is 26.0 Å². The second kappa shape index (κ2) is 5.67. The van der Waals surface area contributed by atoms with E-state index in [1.54, 1.807) is 0 Å². The van der Waals surface area contributed by atoms with Crippen LogP contribution in [0.2, 0.25) is 5.02 Å². The van der Waals surface area contributed by atoms with Gasteiger partial charge >= 0.3 is 0 Å². The van der Waals surface area contributed by atoms with Crippen molar-refractivity contribution in [2.75, 3.05) is 0 Å². The van der Waals surface area contributed by atoms with E-state index in [2.05, 4.69) is 4.72 Å². The van der Waals surface area contributed by atoms with Gasteiger partial charge in [-0.2, -0.15) is 5.26 Å². The minimum Gasteiger partial charge on any atom is -0.357 e. The van der Waals surface area contributed by atoms with Gasteiger partial charge < -0.3 is 4.57 Å².